The topological polar surface area (TPSA) is 170 Å². The number of nitrogens with zero attached hydrogens (tertiary/aromatic N) is 2. The highest BCUT2D eigenvalue weighted by Crippen LogP contribution is 2.34. The van der Waals surface area contributed by atoms with Crippen LogP contribution in [-0.2, 0) is 15.3 Å². The second-order valence-corrected chi connectivity index (χ2v) is 12.4. The van der Waals surface area contributed by atoms with Crippen LogP contribution in [0.4, 0.5) is 25.2 Å². The molecule has 0 spiro atoms. The van der Waals surface area contributed by atoms with Gasteiger partial charge in [0.15, 0.2) is 0 Å². The Balaban J connectivity index is 0.000000520. The summed E-state index contributed by atoms with van der Waals surface area (Å²) in [5.74, 6) is 1.69. The van der Waals surface area contributed by atoms with Gasteiger partial charge in [0.1, 0.15) is 29.0 Å². The van der Waals surface area contributed by atoms with Crippen molar-refractivity contribution in [3.8, 4) is 22.8 Å². The summed E-state index contributed by atoms with van der Waals surface area (Å²) in [6, 6.07) is 8.81. The van der Waals surface area contributed by atoms with Crippen molar-refractivity contribution in [3.63, 3.8) is 0 Å². The van der Waals surface area contributed by atoms with E-state index in [9.17, 15) is 23.2 Å². The number of nitrogens with one attached hydrogen (secondary N) is 4. The number of hydrogen-bond donors (Lipinski definition) is 5. The lowest BCUT2D eigenvalue weighted by molar-refractivity contribution is -0.124. The van der Waals surface area contributed by atoms with Crippen LogP contribution in [0.3, 0.4) is 0 Å². The predicted octanol–water partition coefficient (Wildman–Crippen LogP) is 7.74. The van der Waals surface area contributed by atoms with Gasteiger partial charge in [0.2, 0.25) is 17.7 Å². The van der Waals surface area contributed by atoms with Crippen LogP contribution in [0.2, 0.25) is 0 Å². The van der Waals surface area contributed by atoms with E-state index in [-0.39, 0.29) is 29.0 Å². The molecule has 15 heteroatoms. The molecule has 4 amide bonds. The van der Waals surface area contributed by atoms with Crippen LogP contribution < -0.4 is 36.5 Å². The fraction of sp³-hybridized carbons (Fsp3) is 0.513. The second kappa shape index (κ2) is 27.9. The maximum Gasteiger partial charge on any atom is 0.312 e. The predicted molar refractivity (Wildman–Crippen MR) is 214 cm³/mol. The van der Waals surface area contributed by atoms with Gasteiger partial charge in [-0.2, -0.15) is 16.7 Å². The number of rotatable bonds is 13. The molecule has 4 rings (SSSR count). The Labute approximate surface area is 323 Å². The summed E-state index contributed by atoms with van der Waals surface area (Å²) in [6.45, 7) is 14.0. The van der Waals surface area contributed by atoms with Crippen LogP contribution in [-0.4, -0.2) is 66.9 Å². The SMILES string of the molecule is CC.CC.CCC(C)C(=O)NCCCCCC(=O)NCCNC(N)=O.CSCc1cc2nc(c1)OCCCOc1cc(F)ccc1-c1cc(ncc1F)N2. The Bertz CT molecular complexity index is 1570. The molecule has 1 aliphatic rings. The van der Waals surface area contributed by atoms with Gasteiger partial charge in [0.25, 0.3) is 0 Å². The average molecular weight is 776 g/mol. The standard InChI is InChI=1S/C21H19F2N3O2S.C14H28N4O3.2C2H6/c1-29-12-13-7-20-25-19-10-16(17(23)11-24-19)15-4-3-14(22)9-18(15)27-5-2-6-28-21(8-13)26-20;1-3-11(2)13(20)17-8-6-4-5-7-12(19)16-9-10-18-14(15)21;2*1-2/h3-4,7-11H,2,5-6,12H2,1H3,(H,24,25,26);11H,3-10H2,1-2H3,(H,16,19)(H,17,20)(H3,15,18,21);2*1-2H3. The number of anilines is 2. The van der Waals surface area contributed by atoms with Gasteiger partial charge in [-0.05, 0) is 55.3 Å². The number of amides is 4. The number of thioether (sulfide) groups is 1. The molecule has 0 saturated heterocycles. The number of primary amides is 1. The first-order chi connectivity index (χ1) is 26.1. The van der Waals surface area contributed by atoms with Crippen molar-refractivity contribution in [2.24, 2.45) is 11.7 Å². The van der Waals surface area contributed by atoms with Gasteiger partial charge in [-0.1, -0.05) is 48.0 Å². The number of nitrogens with two attached hydrogens (primary N) is 1. The monoisotopic (exact) mass is 775 g/mol. The van der Waals surface area contributed by atoms with E-state index in [2.05, 4.69) is 31.2 Å². The zero-order valence-corrected chi connectivity index (χ0v) is 33.6. The second-order valence-electron chi connectivity index (χ2n) is 11.5. The normalized spacial score (nSPS) is 11.9. The third-order valence-electron chi connectivity index (χ3n) is 7.50. The molecule has 1 atom stereocenters. The van der Waals surface area contributed by atoms with Crippen molar-refractivity contribution < 1.29 is 32.6 Å². The maximum absolute atomic E-state index is 14.6. The molecule has 54 heavy (non-hydrogen) atoms. The van der Waals surface area contributed by atoms with Gasteiger partial charge in [0, 0.05) is 67.4 Å². The van der Waals surface area contributed by atoms with Crippen LogP contribution >= 0.6 is 11.8 Å². The van der Waals surface area contributed by atoms with Gasteiger partial charge in [-0.3, -0.25) is 9.59 Å². The Kier molecular flexibility index (Phi) is 24.4. The Morgan fingerprint density at radius 1 is 0.907 bits per heavy atom. The number of fused-ring (bicyclic) bond motifs is 6. The van der Waals surface area contributed by atoms with E-state index in [1.807, 2.05) is 59.9 Å². The summed E-state index contributed by atoms with van der Waals surface area (Å²) in [5, 5.41) is 11.1. The molecular weight excluding hydrogens is 717 g/mol. The van der Waals surface area contributed by atoms with Gasteiger partial charge in [-0.15, -0.1) is 0 Å². The highest BCUT2D eigenvalue weighted by Gasteiger charge is 2.16. The minimum atomic E-state index is -0.594. The van der Waals surface area contributed by atoms with E-state index in [0.29, 0.717) is 68.8 Å². The van der Waals surface area contributed by atoms with Crippen molar-refractivity contribution in [1.82, 2.24) is 25.9 Å². The van der Waals surface area contributed by atoms with Crippen LogP contribution in [0.25, 0.3) is 11.1 Å². The third kappa shape index (κ3) is 18.4. The number of pyridine rings is 2. The molecule has 3 aromatic rings. The summed E-state index contributed by atoms with van der Waals surface area (Å²) in [6.07, 6.45) is 7.57. The van der Waals surface area contributed by atoms with Crippen molar-refractivity contribution >= 4 is 41.2 Å². The molecule has 1 aliphatic heterocycles. The Morgan fingerprint density at radius 3 is 2.33 bits per heavy atom. The van der Waals surface area contributed by atoms with Gasteiger partial charge in [-0.25, -0.2) is 18.6 Å². The van der Waals surface area contributed by atoms with E-state index in [1.54, 1.807) is 17.8 Å². The first-order valence-corrected chi connectivity index (χ1v) is 20.0. The van der Waals surface area contributed by atoms with Crippen molar-refractivity contribution in [2.75, 3.05) is 44.4 Å². The first kappa shape index (κ1) is 47.4. The van der Waals surface area contributed by atoms with E-state index in [0.717, 1.165) is 43.2 Å². The number of benzene rings is 1. The van der Waals surface area contributed by atoms with Crippen LogP contribution in [0.5, 0.6) is 11.6 Å². The molecule has 0 saturated carbocycles. The van der Waals surface area contributed by atoms with Crippen molar-refractivity contribution in [2.45, 2.75) is 85.8 Å². The first-order valence-electron chi connectivity index (χ1n) is 18.6. The van der Waals surface area contributed by atoms with Crippen molar-refractivity contribution in [1.29, 1.82) is 0 Å². The molecule has 6 N–H and O–H groups in total. The van der Waals surface area contributed by atoms with E-state index < -0.39 is 17.7 Å². The average Bonchev–Trinajstić information content (AvgIpc) is 3.16. The summed E-state index contributed by atoms with van der Waals surface area (Å²) < 4.78 is 39.8. The lowest BCUT2D eigenvalue weighted by Crippen LogP contribution is -2.37. The molecule has 0 aliphatic carbocycles. The summed E-state index contributed by atoms with van der Waals surface area (Å²) in [4.78, 5) is 41.9. The van der Waals surface area contributed by atoms with Crippen molar-refractivity contribution in [3.05, 3.63) is 59.8 Å². The number of aromatic nitrogens is 2. The van der Waals surface area contributed by atoms with Gasteiger partial charge < -0.3 is 36.5 Å². The molecule has 300 valence electrons. The molecule has 4 bridgehead atoms. The number of ether oxygens (including phenoxy) is 2. The number of carbonyl (C=O) groups excluding carboxylic acids is 3. The lowest BCUT2D eigenvalue weighted by Gasteiger charge is -2.16. The maximum atomic E-state index is 14.6. The molecule has 12 nitrogen and oxygen atoms in total. The molecule has 0 radical (unpaired) electrons. The number of carbonyl (C=O) groups is 3. The van der Waals surface area contributed by atoms with Gasteiger partial charge >= 0.3 is 6.03 Å². The molecule has 1 unspecified atom stereocenters. The molecule has 0 fully saturated rings. The number of hydrogen-bond acceptors (Lipinski definition) is 9. The highest BCUT2D eigenvalue weighted by atomic mass is 32.2. The molecule has 2 aromatic heterocycles. The zero-order chi connectivity index (χ0) is 40.3. The largest absolute Gasteiger partial charge is 0.493 e. The van der Waals surface area contributed by atoms with E-state index in [1.165, 1.54) is 18.2 Å². The fourth-order valence-corrected chi connectivity index (χ4v) is 5.18. The summed E-state index contributed by atoms with van der Waals surface area (Å²) in [5.41, 5.74) is 6.67. The number of halogens is 2. The van der Waals surface area contributed by atoms with Gasteiger partial charge in [0.05, 0.1) is 19.4 Å². The molecule has 1 aromatic carbocycles. The van der Waals surface area contributed by atoms with E-state index in [4.69, 9.17) is 15.2 Å². The quantitative estimate of drug-likeness (QED) is 0.109. The Hall–Kier alpha value is -4.66. The van der Waals surface area contributed by atoms with Crippen LogP contribution in [0.1, 0.15) is 85.6 Å². The molecular formula is C39H59F2N7O5S. The number of urea groups is 1. The summed E-state index contributed by atoms with van der Waals surface area (Å²) in [7, 11) is 0. The van der Waals surface area contributed by atoms with E-state index >= 15 is 0 Å². The third-order valence-corrected chi connectivity index (χ3v) is 8.12. The zero-order valence-electron chi connectivity index (χ0n) is 32.8. The fourth-order valence-electron chi connectivity index (χ4n) is 4.68. The minimum absolute atomic E-state index is 0.0371. The molecule has 3 heterocycles. The van der Waals surface area contributed by atoms with Crippen LogP contribution in [0.15, 0.2) is 42.6 Å². The summed E-state index contributed by atoms with van der Waals surface area (Å²) >= 11 is 1.69. The lowest BCUT2D eigenvalue weighted by atomic mass is 10.0. The minimum Gasteiger partial charge on any atom is -0.493 e. The Morgan fingerprint density at radius 2 is 1.63 bits per heavy atom. The number of unbranched alkanes of at least 4 members (excludes halogenated alkanes) is 2. The highest BCUT2D eigenvalue weighted by molar-refractivity contribution is 7.97. The van der Waals surface area contributed by atoms with Crippen LogP contribution in [0, 0.1) is 17.6 Å². The smallest absolute Gasteiger partial charge is 0.312 e.